The summed E-state index contributed by atoms with van der Waals surface area (Å²) in [6.07, 6.45) is 2.98. The monoisotopic (exact) mass is 413 g/mol. The number of benzene rings is 2. The lowest BCUT2D eigenvalue weighted by molar-refractivity contribution is 0.346. The molecule has 1 aromatic heterocycles. The predicted octanol–water partition coefficient (Wildman–Crippen LogP) is 5.04. The van der Waals surface area contributed by atoms with Crippen molar-refractivity contribution in [2.24, 2.45) is 0 Å². The Balaban J connectivity index is 1.49. The Hall–Kier alpha value is -2.22. The van der Waals surface area contributed by atoms with Gasteiger partial charge in [0.25, 0.3) is 0 Å². The van der Waals surface area contributed by atoms with Gasteiger partial charge in [-0.2, -0.15) is 4.31 Å². The van der Waals surface area contributed by atoms with Crippen molar-refractivity contribution in [2.75, 3.05) is 18.4 Å². The summed E-state index contributed by atoms with van der Waals surface area (Å²) in [4.78, 5) is 4.98. The zero-order valence-electron chi connectivity index (χ0n) is 15.8. The number of sulfonamides is 1. The minimum Gasteiger partial charge on any atom is -0.332 e. The van der Waals surface area contributed by atoms with Gasteiger partial charge < -0.3 is 5.32 Å². The molecule has 2 aromatic carbocycles. The molecule has 0 radical (unpaired) electrons. The Morgan fingerprint density at radius 2 is 1.64 bits per heavy atom. The van der Waals surface area contributed by atoms with Gasteiger partial charge in [0.1, 0.15) is 0 Å². The van der Waals surface area contributed by atoms with Gasteiger partial charge in [-0.05, 0) is 44.0 Å². The lowest BCUT2D eigenvalue weighted by atomic mass is 10.2. The molecule has 28 heavy (non-hydrogen) atoms. The van der Waals surface area contributed by atoms with Gasteiger partial charge in [-0.15, -0.1) is 11.3 Å². The first-order valence-electron chi connectivity index (χ1n) is 9.42. The quantitative estimate of drug-likeness (QED) is 0.637. The van der Waals surface area contributed by atoms with E-state index in [0.717, 1.165) is 41.3 Å². The van der Waals surface area contributed by atoms with Gasteiger partial charge >= 0.3 is 0 Å². The van der Waals surface area contributed by atoms with Crippen LogP contribution in [-0.2, 0) is 10.0 Å². The summed E-state index contributed by atoms with van der Waals surface area (Å²) >= 11 is 1.53. The van der Waals surface area contributed by atoms with E-state index in [0.29, 0.717) is 18.0 Å². The number of aryl methyl sites for hydroxylation is 1. The summed E-state index contributed by atoms with van der Waals surface area (Å²) in [6, 6.07) is 15.2. The van der Waals surface area contributed by atoms with Crippen LogP contribution in [-0.4, -0.2) is 30.8 Å². The van der Waals surface area contributed by atoms with Crippen molar-refractivity contribution in [1.29, 1.82) is 0 Å². The first-order valence-corrected chi connectivity index (χ1v) is 11.7. The van der Waals surface area contributed by atoms with Crippen LogP contribution in [0.4, 0.5) is 10.8 Å². The lowest BCUT2D eigenvalue weighted by Crippen LogP contribution is -2.35. The maximum atomic E-state index is 12.8. The van der Waals surface area contributed by atoms with E-state index in [4.69, 9.17) is 0 Å². The van der Waals surface area contributed by atoms with Gasteiger partial charge in [0.2, 0.25) is 10.0 Å². The van der Waals surface area contributed by atoms with E-state index < -0.39 is 10.0 Å². The summed E-state index contributed by atoms with van der Waals surface area (Å²) < 4.78 is 27.1. The predicted molar refractivity (Wildman–Crippen MR) is 115 cm³/mol. The van der Waals surface area contributed by atoms with Crippen LogP contribution >= 0.6 is 11.3 Å². The molecule has 1 N–H and O–H groups in total. The summed E-state index contributed by atoms with van der Waals surface area (Å²) in [5.41, 5.74) is 3.95. The van der Waals surface area contributed by atoms with E-state index >= 15 is 0 Å². The molecule has 146 valence electrons. The molecule has 7 heteroatoms. The Morgan fingerprint density at radius 3 is 2.32 bits per heavy atom. The number of anilines is 2. The van der Waals surface area contributed by atoms with E-state index in [1.54, 1.807) is 16.4 Å². The van der Waals surface area contributed by atoms with Gasteiger partial charge in [0, 0.05) is 29.7 Å². The van der Waals surface area contributed by atoms with Crippen molar-refractivity contribution < 1.29 is 8.42 Å². The number of thiazole rings is 1. The molecule has 1 fully saturated rings. The van der Waals surface area contributed by atoms with Crippen molar-refractivity contribution in [3.63, 3.8) is 0 Å². The topological polar surface area (TPSA) is 62.3 Å². The first-order chi connectivity index (χ1) is 13.5. The number of nitrogens with zero attached hydrogens (tertiary/aromatic N) is 2. The minimum absolute atomic E-state index is 0.353. The molecular weight excluding hydrogens is 390 g/mol. The molecular formula is C21H23N3O2S2. The zero-order valence-corrected chi connectivity index (χ0v) is 17.4. The molecule has 3 aromatic rings. The van der Waals surface area contributed by atoms with Crippen LogP contribution in [0.2, 0.25) is 0 Å². The molecule has 0 amide bonds. The van der Waals surface area contributed by atoms with E-state index in [2.05, 4.69) is 29.4 Å². The highest BCUT2D eigenvalue weighted by Crippen LogP contribution is 2.29. The molecule has 4 rings (SSSR count). The number of hydrogen-bond donors (Lipinski definition) is 1. The van der Waals surface area contributed by atoms with Gasteiger partial charge in [-0.3, -0.25) is 0 Å². The average molecular weight is 414 g/mol. The molecule has 1 saturated heterocycles. The van der Waals surface area contributed by atoms with Crippen LogP contribution in [0.3, 0.4) is 0 Å². The Bertz CT molecular complexity index is 1040. The smallest absolute Gasteiger partial charge is 0.243 e. The number of piperidine rings is 1. The third-order valence-electron chi connectivity index (χ3n) is 4.91. The standard InChI is InChI=1S/C21H23N3O2S2/c1-16-5-9-18(10-6-16)22-21-23-20(15-27-21)17-7-11-19(12-8-17)28(25,26)24-13-3-2-4-14-24/h5-12,15H,2-4,13-14H2,1H3,(H,22,23). The Morgan fingerprint density at radius 1 is 0.964 bits per heavy atom. The second-order valence-corrected chi connectivity index (χ2v) is 9.81. The summed E-state index contributed by atoms with van der Waals surface area (Å²) in [5.74, 6) is 0. The van der Waals surface area contributed by atoms with Crippen molar-refractivity contribution in [3.05, 3.63) is 59.5 Å². The SMILES string of the molecule is Cc1ccc(Nc2nc(-c3ccc(S(=O)(=O)N4CCCCC4)cc3)cs2)cc1. The van der Waals surface area contributed by atoms with E-state index in [1.807, 2.05) is 29.6 Å². The fraction of sp³-hybridized carbons (Fsp3) is 0.286. The second-order valence-electron chi connectivity index (χ2n) is 7.02. The molecule has 0 aliphatic carbocycles. The van der Waals surface area contributed by atoms with Crippen molar-refractivity contribution >= 4 is 32.2 Å². The zero-order chi connectivity index (χ0) is 19.6. The summed E-state index contributed by atoms with van der Waals surface area (Å²) in [5, 5.41) is 6.09. The summed E-state index contributed by atoms with van der Waals surface area (Å²) in [6.45, 7) is 3.29. The highest BCUT2D eigenvalue weighted by atomic mass is 32.2. The van der Waals surface area contributed by atoms with Gasteiger partial charge in [-0.1, -0.05) is 36.2 Å². The van der Waals surface area contributed by atoms with Gasteiger partial charge in [-0.25, -0.2) is 13.4 Å². The number of nitrogens with one attached hydrogen (secondary N) is 1. The normalized spacial score (nSPS) is 15.5. The molecule has 1 aliphatic heterocycles. The molecule has 1 aliphatic rings. The summed E-state index contributed by atoms with van der Waals surface area (Å²) in [7, 11) is -3.40. The molecule has 0 unspecified atom stereocenters. The molecule has 2 heterocycles. The van der Waals surface area contributed by atoms with Crippen LogP contribution in [0.5, 0.6) is 0 Å². The first kappa shape index (κ1) is 19.1. The number of hydrogen-bond acceptors (Lipinski definition) is 5. The Kier molecular flexibility index (Phi) is 5.48. The molecule has 0 atom stereocenters. The maximum absolute atomic E-state index is 12.8. The largest absolute Gasteiger partial charge is 0.332 e. The third-order valence-corrected chi connectivity index (χ3v) is 7.58. The van der Waals surface area contributed by atoms with Crippen molar-refractivity contribution in [3.8, 4) is 11.3 Å². The van der Waals surface area contributed by atoms with Gasteiger partial charge in [0.15, 0.2) is 5.13 Å². The van der Waals surface area contributed by atoms with Crippen molar-refractivity contribution in [1.82, 2.24) is 9.29 Å². The highest BCUT2D eigenvalue weighted by Gasteiger charge is 2.25. The molecule has 5 nitrogen and oxygen atoms in total. The molecule has 0 saturated carbocycles. The molecule has 0 spiro atoms. The number of rotatable bonds is 5. The molecule has 0 bridgehead atoms. The van der Waals surface area contributed by atoms with E-state index in [-0.39, 0.29) is 0 Å². The fourth-order valence-corrected chi connectivity index (χ4v) is 5.53. The van der Waals surface area contributed by atoms with Crippen LogP contribution < -0.4 is 5.32 Å². The average Bonchev–Trinajstić information content (AvgIpc) is 3.19. The second kappa shape index (κ2) is 8.03. The highest BCUT2D eigenvalue weighted by molar-refractivity contribution is 7.89. The minimum atomic E-state index is -3.40. The lowest BCUT2D eigenvalue weighted by Gasteiger charge is -2.25. The maximum Gasteiger partial charge on any atom is 0.243 e. The third kappa shape index (κ3) is 4.11. The van der Waals surface area contributed by atoms with Crippen LogP contribution in [0.25, 0.3) is 11.3 Å². The van der Waals surface area contributed by atoms with Crippen LogP contribution in [0.15, 0.2) is 58.8 Å². The van der Waals surface area contributed by atoms with Crippen LogP contribution in [0, 0.1) is 6.92 Å². The van der Waals surface area contributed by atoms with Crippen LogP contribution in [0.1, 0.15) is 24.8 Å². The Labute approximate surface area is 170 Å². The van der Waals surface area contributed by atoms with Gasteiger partial charge in [0.05, 0.1) is 10.6 Å². The van der Waals surface area contributed by atoms with E-state index in [9.17, 15) is 8.42 Å². The number of aromatic nitrogens is 1. The van der Waals surface area contributed by atoms with Crippen molar-refractivity contribution in [2.45, 2.75) is 31.1 Å². The van der Waals surface area contributed by atoms with E-state index in [1.165, 1.54) is 16.9 Å². The fourth-order valence-electron chi connectivity index (χ4n) is 3.28.